The molecule has 1 aromatic carbocycles. The van der Waals surface area contributed by atoms with E-state index < -0.39 is 48.2 Å². The SMILES string of the molecule is CCOC(=O)C(CCc1ccccc1)NC(C)C(=O)N1C(=O)C2CCCCC2C1OC(=O)O. The van der Waals surface area contributed by atoms with Crippen LogP contribution in [0.25, 0.3) is 0 Å². The molecule has 0 radical (unpaired) electrons. The molecular formula is C24H32N2O7. The Kier molecular flexibility index (Phi) is 8.43. The van der Waals surface area contributed by atoms with Crippen LogP contribution in [0.3, 0.4) is 0 Å². The lowest BCUT2D eigenvalue weighted by molar-refractivity contribution is -0.153. The van der Waals surface area contributed by atoms with Crippen molar-refractivity contribution in [3.8, 4) is 0 Å². The maximum atomic E-state index is 13.3. The van der Waals surface area contributed by atoms with E-state index in [0.717, 1.165) is 23.3 Å². The predicted molar refractivity (Wildman–Crippen MR) is 118 cm³/mol. The molecule has 0 spiro atoms. The van der Waals surface area contributed by atoms with Crippen LogP contribution in [0.2, 0.25) is 0 Å². The number of nitrogens with zero attached hydrogens (tertiary/aromatic N) is 1. The number of hydrogen-bond acceptors (Lipinski definition) is 7. The molecule has 0 bridgehead atoms. The number of esters is 1. The first-order valence-electron chi connectivity index (χ1n) is 11.6. The van der Waals surface area contributed by atoms with Crippen molar-refractivity contribution >= 4 is 23.9 Å². The molecule has 5 atom stereocenters. The molecule has 2 aliphatic rings. The average Bonchev–Trinajstić information content (AvgIpc) is 3.07. The van der Waals surface area contributed by atoms with Gasteiger partial charge in [-0.25, -0.2) is 9.69 Å². The molecule has 1 aliphatic heterocycles. The Morgan fingerprint density at radius 1 is 1.18 bits per heavy atom. The molecule has 2 N–H and O–H groups in total. The van der Waals surface area contributed by atoms with Crippen molar-refractivity contribution in [3.63, 3.8) is 0 Å². The van der Waals surface area contributed by atoms with E-state index in [-0.39, 0.29) is 12.5 Å². The number of carbonyl (C=O) groups is 4. The Hall–Kier alpha value is -2.94. The summed E-state index contributed by atoms with van der Waals surface area (Å²) in [5, 5.41) is 12.2. The van der Waals surface area contributed by atoms with Crippen molar-refractivity contribution in [3.05, 3.63) is 35.9 Å². The van der Waals surface area contributed by atoms with Crippen molar-refractivity contribution in [2.45, 2.75) is 70.7 Å². The maximum Gasteiger partial charge on any atom is 0.507 e. The number of aryl methyl sites for hydroxylation is 1. The molecule has 5 unspecified atom stereocenters. The number of carbonyl (C=O) groups excluding carboxylic acids is 3. The van der Waals surface area contributed by atoms with Crippen molar-refractivity contribution in [2.24, 2.45) is 11.8 Å². The fourth-order valence-electron chi connectivity index (χ4n) is 4.83. The van der Waals surface area contributed by atoms with Crippen LogP contribution in [0.5, 0.6) is 0 Å². The monoisotopic (exact) mass is 460 g/mol. The van der Waals surface area contributed by atoms with E-state index in [1.54, 1.807) is 13.8 Å². The van der Waals surface area contributed by atoms with E-state index in [4.69, 9.17) is 9.47 Å². The first-order valence-corrected chi connectivity index (χ1v) is 11.6. The Balaban J connectivity index is 1.73. The van der Waals surface area contributed by atoms with Gasteiger partial charge in [0.1, 0.15) is 6.04 Å². The van der Waals surface area contributed by atoms with Crippen LogP contribution in [0.1, 0.15) is 51.5 Å². The van der Waals surface area contributed by atoms with Crippen LogP contribution in [0.4, 0.5) is 4.79 Å². The third kappa shape index (κ3) is 5.90. The van der Waals surface area contributed by atoms with Gasteiger partial charge in [0.25, 0.3) is 0 Å². The topological polar surface area (TPSA) is 122 Å². The molecule has 9 heteroatoms. The zero-order chi connectivity index (χ0) is 24.0. The molecular weight excluding hydrogens is 428 g/mol. The van der Waals surface area contributed by atoms with Crippen molar-refractivity contribution in [1.82, 2.24) is 10.2 Å². The third-order valence-electron chi connectivity index (χ3n) is 6.41. The molecule has 1 saturated heterocycles. The molecule has 3 rings (SSSR count). The third-order valence-corrected chi connectivity index (χ3v) is 6.41. The number of likely N-dealkylation sites (tertiary alicyclic amines) is 1. The van der Waals surface area contributed by atoms with Gasteiger partial charge in [-0.05, 0) is 45.1 Å². The fourth-order valence-corrected chi connectivity index (χ4v) is 4.83. The number of amides is 2. The summed E-state index contributed by atoms with van der Waals surface area (Å²) in [5.41, 5.74) is 1.04. The lowest BCUT2D eigenvalue weighted by Crippen LogP contribution is -2.54. The smallest absolute Gasteiger partial charge is 0.465 e. The highest BCUT2D eigenvalue weighted by Crippen LogP contribution is 2.42. The second kappa shape index (κ2) is 11.3. The van der Waals surface area contributed by atoms with E-state index in [2.05, 4.69) is 5.32 Å². The summed E-state index contributed by atoms with van der Waals surface area (Å²) in [6, 6.07) is 7.96. The van der Waals surface area contributed by atoms with Crippen molar-refractivity contribution in [1.29, 1.82) is 0 Å². The summed E-state index contributed by atoms with van der Waals surface area (Å²) in [4.78, 5) is 51.1. The van der Waals surface area contributed by atoms with Crippen LogP contribution >= 0.6 is 0 Å². The fraction of sp³-hybridized carbons (Fsp3) is 0.583. The predicted octanol–water partition coefficient (Wildman–Crippen LogP) is 2.72. The number of fused-ring (bicyclic) bond motifs is 1. The first kappa shape index (κ1) is 24.7. The van der Waals surface area contributed by atoms with E-state index in [1.165, 1.54) is 0 Å². The highest BCUT2D eigenvalue weighted by Gasteiger charge is 2.54. The van der Waals surface area contributed by atoms with Gasteiger partial charge in [0.2, 0.25) is 11.8 Å². The molecule has 2 fully saturated rings. The molecule has 1 saturated carbocycles. The molecule has 1 aromatic rings. The van der Waals surface area contributed by atoms with E-state index in [0.29, 0.717) is 25.7 Å². The van der Waals surface area contributed by atoms with Crippen LogP contribution in [0.15, 0.2) is 30.3 Å². The van der Waals surface area contributed by atoms with Crippen molar-refractivity contribution < 1.29 is 33.8 Å². The number of benzene rings is 1. The summed E-state index contributed by atoms with van der Waals surface area (Å²) in [7, 11) is 0. The van der Waals surface area contributed by atoms with Gasteiger partial charge in [-0.3, -0.25) is 19.7 Å². The van der Waals surface area contributed by atoms with Gasteiger partial charge in [0.05, 0.1) is 12.6 Å². The Bertz CT molecular complexity index is 860. The molecule has 2 amide bonds. The largest absolute Gasteiger partial charge is 0.507 e. The minimum atomic E-state index is -1.52. The second-order valence-corrected chi connectivity index (χ2v) is 8.59. The maximum absolute atomic E-state index is 13.3. The van der Waals surface area contributed by atoms with Gasteiger partial charge in [-0.15, -0.1) is 0 Å². The zero-order valence-corrected chi connectivity index (χ0v) is 19.1. The van der Waals surface area contributed by atoms with Gasteiger partial charge in [-0.1, -0.05) is 43.2 Å². The Morgan fingerprint density at radius 3 is 2.55 bits per heavy atom. The molecule has 1 aliphatic carbocycles. The lowest BCUT2D eigenvalue weighted by Gasteiger charge is -2.29. The number of hydrogen-bond donors (Lipinski definition) is 2. The summed E-state index contributed by atoms with van der Waals surface area (Å²) < 4.78 is 10.2. The summed E-state index contributed by atoms with van der Waals surface area (Å²) in [5.74, 6) is -2.24. The average molecular weight is 461 g/mol. The number of imide groups is 1. The highest BCUT2D eigenvalue weighted by atomic mass is 16.7. The number of ether oxygens (including phenoxy) is 2. The molecule has 180 valence electrons. The van der Waals surface area contributed by atoms with Crippen LogP contribution in [-0.4, -0.2) is 58.9 Å². The lowest BCUT2D eigenvalue weighted by atomic mass is 9.81. The van der Waals surface area contributed by atoms with E-state index >= 15 is 0 Å². The minimum absolute atomic E-state index is 0.202. The summed E-state index contributed by atoms with van der Waals surface area (Å²) >= 11 is 0. The normalized spacial score (nSPS) is 24.0. The molecule has 9 nitrogen and oxygen atoms in total. The first-order chi connectivity index (χ1) is 15.8. The second-order valence-electron chi connectivity index (χ2n) is 8.59. The number of carboxylic acid groups (broad SMARTS) is 1. The van der Waals surface area contributed by atoms with Crippen LogP contribution in [0, 0.1) is 11.8 Å². The van der Waals surface area contributed by atoms with Crippen LogP contribution < -0.4 is 5.32 Å². The van der Waals surface area contributed by atoms with E-state index in [1.807, 2.05) is 30.3 Å². The Labute approximate surface area is 193 Å². The van der Waals surface area contributed by atoms with Gasteiger partial charge < -0.3 is 14.6 Å². The molecule has 33 heavy (non-hydrogen) atoms. The van der Waals surface area contributed by atoms with Gasteiger partial charge in [0.15, 0.2) is 6.23 Å². The summed E-state index contributed by atoms with van der Waals surface area (Å²) in [6.45, 7) is 3.47. The quantitative estimate of drug-likeness (QED) is 0.540. The number of nitrogens with one attached hydrogen (secondary N) is 1. The minimum Gasteiger partial charge on any atom is -0.465 e. The van der Waals surface area contributed by atoms with Gasteiger partial charge >= 0.3 is 12.1 Å². The van der Waals surface area contributed by atoms with Gasteiger partial charge in [0, 0.05) is 11.8 Å². The van der Waals surface area contributed by atoms with Crippen molar-refractivity contribution in [2.75, 3.05) is 6.61 Å². The molecule has 1 heterocycles. The standard InChI is InChI=1S/C24H32N2O7/c1-3-32-23(29)19(14-13-16-9-5-4-6-10-16)25-15(2)20(27)26-21(28)17-11-7-8-12-18(17)22(26)33-24(30)31/h4-6,9-10,15,17-19,22,25H,3,7-8,11-14H2,1-2H3,(H,30,31). The molecule has 0 aromatic heterocycles. The zero-order valence-electron chi connectivity index (χ0n) is 19.1. The Morgan fingerprint density at radius 2 is 1.88 bits per heavy atom. The summed E-state index contributed by atoms with van der Waals surface area (Å²) in [6.07, 6.45) is 1.28. The number of rotatable bonds is 9. The van der Waals surface area contributed by atoms with Crippen LogP contribution in [-0.2, 0) is 30.3 Å². The highest BCUT2D eigenvalue weighted by molar-refractivity contribution is 6.01. The van der Waals surface area contributed by atoms with E-state index in [9.17, 15) is 24.3 Å². The van der Waals surface area contributed by atoms with Gasteiger partial charge in [-0.2, -0.15) is 0 Å².